The highest BCUT2D eigenvalue weighted by atomic mass is 35.5. The lowest BCUT2D eigenvalue weighted by atomic mass is 10.2. The average molecular weight is 381 g/mol. The van der Waals surface area contributed by atoms with Crippen LogP contribution in [0.5, 0.6) is 11.5 Å². The summed E-state index contributed by atoms with van der Waals surface area (Å²) in [6.45, 7) is 0.190. The molecule has 0 atom stereocenters. The standard InChI is InChI=1S/C18H13ClN6O2/c1-25-13-5-3-2-4-11(13)16-17(25)21-18(24-22-16)23-20-8-10-6-14-15(7-12(10)19)27-9-26-14/h2-8H,9H2,1H3,(H,21,23,24)/b20-8-. The van der Waals surface area contributed by atoms with E-state index < -0.39 is 0 Å². The van der Waals surface area contributed by atoms with E-state index in [0.717, 1.165) is 22.1 Å². The number of hydrogen-bond donors (Lipinski definition) is 1. The van der Waals surface area contributed by atoms with Gasteiger partial charge in [-0.2, -0.15) is 10.1 Å². The van der Waals surface area contributed by atoms with Crippen LogP contribution in [0.3, 0.4) is 0 Å². The number of para-hydroxylation sites is 1. The molecule has 8 nitrogen and oxygen atoms in total. The molecule has 0 spiro atoms. The molecule has 0 fully saturated rings. The molecular formula is C18H13ClN6O2. The topological polar surface area (TPSA) is 86.5 Å². The van der Waals surface area contributed by atoms with E-state index in [-0.39, 0.29) is 6.79 Å². The van der Waals surface area contributed by atoms with Crippen molar-refractivity contribution in [1.82, 2.24) is 19.7 Å². The van der Waals surface area contributed by atoms with Crippen LogP contribution in [-0.2, 0) is 7.05 Å². The summed E-state index contributed by atoms with van der Waals surface area (Å²) in [5, 5.41) is 14.1. The third-order valence-electron chi connectivity index (χ3n) is 4.37. The smallest absolute Gasteiger partial charge is 0.265 e. The number of fused-ring (bicyclic) bond motifs is 4. The van der Waals surface area contributed by atoms with Crippen LogP contribution in [-0.4, -0.2) is 32.8 Å². The van der Waals surface area contributed by atoms with Crippen molar-refractivity contribution in [3.05, 3.63) is 47.0 Å². The van der Waals surface area contributed by atoms with Gasteiger partial charge in [0, 0.05) is 24.1 Å². The molecular weight excluding hydrogens is 368 g/mol. The Kier molecular flexibility index (Phi) is 3.58. The fourth-order valence-corrected chi connectivity index (χ4v) is 3.25. The van der Waals surface area contributed by atoms with Crippen molar-refractivity contribution in [2.75, 3.05) is 12.2 Å². The number of rotatable bonds is 3. The Hall–Kier alpha value is -3.39. The van der Waals surface area contributed by atoms with Gasteiger partial charge in [-0.05, 0) is 12.1 Å². The number of halogens is 1. The molecule has 5 rings (SSSR count). The Morgan fingerprint density at radius 3 is 2.89 bits per heavy atom. The van der Waals surface area contributed by atoms with E-state index in [2.05, 4.69) is 25.7 Å². The summed E-state index contributed by atoms with van der Waals surface area (Å²) >= 11 is 6.23. The summed E-state index contributed by atoms with van der Waals surface area (Å²) < 4.78 is 12.6. The highest BCUT2D eigenvalue weighted by Gasteiger charge is 2.16. The Labute approximate surface area is 158 Å². The third kappa shape index (κ3) is 2.61. The Morgan fingerprint density at radius 2 is 2.00 bits per heavy atom. The molecule has 0 radical (unpaired) electrons. The Balaban J connectivity index is 1.44. The quantitative estimate of drug-likeness (QED) is 0.433. The molecule has 3 heterocycles. The molecule has 0 aliphatic carbocycles. The van der Waals surface area contributed by atoms with Crippen LogP contribution < -0.4 is 14.9 Å². The van der Waals surface area contributed by atoms with Crippen LogP contribution >= 0.6 is 11.6 Å². The monoisotopic (exact) mass is 380 g/mol. The van der Waals surface area contributed by atoms with Crippen molar-refractivity contribution in [3.8, 4) is 11.5 Å². The summed E-state index contributed by atoms with van der Waals surface area (Å²) in [7, 11) is 1.94. The summed E-state index contributed by atoms with van der Waals surface area (Å²) in [6, 6.07) is 11.4. The number of anilines is 1. The summed E-state index contributed by atoms with van der Waals surface area (Å²) in [4.78, 5) is 4.51. The van der Waals surface area contributed by atoms with Gasteiger partial charge in [-0.3, -0.25) is 0 Å². The second-order valence-electron chi connectivity index (χ2n) is 5.98. The molecule has 2 aromatic heterocycles. The number of nitrogens with zero attached hydrogens (tertiary/aromatic N) is 5. The van der Waals surface area contributed by atoms with Crippen LogP contribution in [0.1, 0.15) is 5.56 Å². The maximum Gasteiger partial charge on any atom is 0.265 e. The van der Waals surface area contributed by atoms with Crippen LogP contribution in [0, 0.1) is 0 Å². The minimum absolute atomic E-state index is 0.190. The molecule has 0 saturated carbocycles. The van der Waals surface area contributed by atoms with Crippen LogP contribution in [0.25, 0.3) is 22.1 Å². The molecule has 0 bridgehead atoms. The molecule has 1 aliphatic rings. The molecule has 0 unspecified atom stereocenters. The molecule has 134 valence electrons. The first kappa shape index (κ1) is 15.8. The van der Waals surface area contributed by atoms with Crippen molar-refractivity contribution >= 4 is 45.8 Å². The van der Waals surface area contributed by atoms with Gasteiger partial charge in [0.25, 0.3) is 5.95 Å². The van der Waals surface area contributed by atoms with E-state index >= 15 is 0 Å². The molecule has 4 aromatic rings. The van der Waals surface area contributed by atoms with Crippen molar-refractivity contribution in [2.24, 2.45) is 12.1 Å². The second-order valence-corrected chi connectivity index (χ2v) is 6.39. The first-order chi connectivity index (χ1) is 13.2. The zero-order chi connectivity index (χ0) is 18.4. The van der Waals surface area contributed by atoms with E-state index in [0.29, 0.717) is 28.0 Å². The number of aryl methyl sites for hydroxylation is 1. The van der Waals surface area contributed by atoms with E-state index in [4.69, 9.17) is 21.1 Å². The normalized spacial score (nSPS) is 13.1. The first-order valence-electron chi connectivity index (χ1n) is 8.17. The van der Waals surface area contributed by atoms with Crippen LogP contribution in [0.2, 0.25) is 5.02 Å². The second kappa shape index (κ2) is 6.10. The van der Waals surface area contributed by atoms with Gasteiger partial charge in [0.15, 0.2) is 17.1 Å². The molecule has 27 heavy (non-hydrogen) atoms. The van der Waals surface area contributed by atoms with E-state index in [1.807, 2.05) is 35.9 Å². The van der Waals surface area contributed by atoms with Crippen molar-refractivity contribution < 1.29 is 9.47 Å². The van der Waals surface area contributed by atoms with Crippen LogP contribution in [0.15, 0.2) is 41.5 Å². The van der Waals surface area contributed by atoms with Gasteiger partial charge in [0.2, 0.25) is 6.79 Å². The SMILES string of the molecule is Cn1c2ccccc2c2nnc(N/N=C\c3cc4c(cc3Cl)OCO4)nc21. The minimum Gasteiger partial charge on any atom is -0.454 e. The summed E-state index contributed by atoms with van der Waals surface area (Å²) in [6.07, 6.45) is 1.57. The Bertz CT molecular complexity index is 1220. The van der Waals surface area contributed by atoms with E-state index in [1.165, 1.54) is 0 Å². The molecule has 0 amide bonds. The maximum absolute atomic E-state index is 6.23. The maximum atomic E-state index is 6.23. The van der Waals surface area contributed by atoms with Crippen molar-refractivity contribution in [3.63, 3.8) is 0 Å². The van der Waals surface area contributed by atoms with E-state index in [1.54, 1.807) is 18.3 Å². The third-order valence-corrected chi connectivity index (χ3v) is 4.69. The molecule has 0 saturated heterocycles. The van der Waals surface area contributed by atoms with E-state index in [9.17, 15) is 0 Å². The number of benzene rings is 2. The predicted molar refractivity (Wildman–Crippen MR) is 103 cm³/mol. The highest BCUT2D eigenvalue weighted by molar-refractivity contribution is 6.33. The molecule has 2 aromatic carbocycles. The number of hydrogen-bond acceptors (Lipinski definition) is 7. The fourth-order valence-electron chi connectivity index (χ4n) is 3.05. The van der Waals surface area contributed by atoms with Gasteiger partial charge in [0.05, 0.1) is 16.8 Å². The minimum atomic E-state index is 0.190. The Morgan fingerprint density at radius 1 is 1.19 bits per heavy atom. The van der Waals surface area contributed by atoms with Gasteiger partial charge in [0.1, 0.15) is 5.52 Å². The fraction of sp³-hybridized carbons (Fsp3) is 0.111. The van der Waals surface area contributed by atoms with Gasteiger partial charge in [-0.1, -0.05) is 29.8 Å². The van der Waals surface area contributed by atoms with Gasteiger partial charge in [-0.25, -0.2) is 5.43 Å². The lowest BCUT2D eigenvalue weighted by Crippen LogP contribution is -2.01. The van der Waals surface area contributed by atoms with Crippen molar-refractivity contribution in [1.29, 1.82) is 0 Å². The number of ether oxygens (including phenoxy) is 2. The first-order valence-corrected chi connectivity index (χ1v) is 8.54. The number of aromatic nitrogens is 4. The lowest BCUT2D eigenvalue weighted by Gasteiger charge is -2.02. The zero-order valence-electron chi connectivity index (χ0n) is 14.2. The zero-order valence-corrected chi connectivity index (χ0v) is 14.9. The largest absolute Gasteiger partial charge is 0.454 e. The molecule has 9 heteroatoms. The average Bonchev–Trinajstić information content (AvgIpc) is 3.25. The molecule has 1 N–H and O–H groups in total. The van der Waals surface area contributed by atoms with Gasteiger partial charge < -0.3 is 14.0 Å². The number of hydrazone groups is 1. The lowest BCUT2D eigenvalue weighted by molar-refractivity contribution is 0.174. The highest BCUT2D eigenvalue weighted by Crippen LogP contribution is 2.36. The molecule has 1 aliphatic heterocycles. The van der Waals surface area contributed by atoms with Crippen LogP contribution in [0.4, 0.5) is 5.95 Å². The van der Waals surface area contributed by atoms with Crippen molar-refractivity contribution in [2.45, 2.75) is 0 Å². The summed E-state index contributed by atoms with van der Waals surface area (Å²) in [5.74, 6) is 1.55. The number of nitrogens with one attached hydrogen (secondary N) is 1. The van der Waals surface area contributed by atoms with Gasteiger partial charge >= 0.3 is 0 Å². The van der Waals surface area contributed by atoms with Gasteiger partial charge in [-0.15, -0.1) is 10.2 Å². The predicted octanol–water partition coefficient (Wildman–Crippen LogP) is 3.34. The summed E-state index contributed by atoms with van der Waals surface area (Å²) in [5.41, 5.74) is 6.00.